The number of nitrogens with zero attached hydrogens (tertiary/aromatic N) is 1. The molecule has 14 heavy (non-hydrogen) atoms. The van der Waals surface area contributed by atoms with Gasteiger partial charge in [0.2, 0.25) is 0 Å². The van der Waals surface area contributed by atoms with E-state index < -0.39 is 0 Å². The molecule has 1 unspecified atom stereocenters. The van der Waals surface area contributed by atoms with Gasteiger partial charge in [0.1, 0.15) is 0 Å². The van der Waals surface area contributed by atoms with E-state index in [-0.39, 0.29) is 0 Å². The van der Waals surface area contributed by atoms with Crippen LogP contribution in [0.25, 0.3) is 0 Å². The molecule has 0 amide bonds. The molecule has 84 valence electrons. The first-order chi connectivity index (χ1) is 6.86. The van der Waals surface area contributed by atoms with E-state index in [2.05, 4.69) is 24.1 Å². The second kappa shape index (κ2) is 7.24. The van der Waals surface area contributed by atoms with Crippen molar-refractivity contribution in [3.63, 3.8) is 0 Å². The Bertz CT molecular complexity index is 136. The zero-order chi connectivity index (χ0) is 10.2. The van der Waals surface area contributed by atoms with Crippen molar-refractivity contribution in [3.05, 3.63) is 0 Å². The summed E-state index contributed by atoms with van der Waals surface area (Å²) in [5, 5.41) is 3.38. The summed E-state index contributed by atoms with van der Waals surface area (Å²) in [5.74, 6) is 0.999. The summed E-state index contributed by atoms with van der Waals surface area (Å²) in [5.41, 5.74) is 0. The minimum absolute atomic E-state index is 0.999. The fourth-order valence-corrected chi connectivity index (χ4v) is 2.36. The zero-order valence-corrected chi connectivity index (χ0v) is 9.89. The summed E-state index contributed by atoms with van der Waals surface area (Å²) in [4.78, 5) is 2.64. The van der Waals surface area contributed by atoms with Crippen molar-refractivity contribution < 1.29 is 0 Å². The van der Waals surface area contributed by atoms with E-state index in [1.807, 2.05) is 0 Å². The van der Waals surface area contributed by atoms with Gasteiger partial charge >= 0.3 is 0 Å². The zero-order valence-electron chi connectivity index (χ0n) is 9.89. The van der Waals surface area contributed by atoms with Crippen LogP contribution in [0, 0.1) is 5.92 Å². The standard InChI is InChI=1S/C12H26N2/c1-3-6-12-7-10-14(11-12)9-5-8-13-4-2/h12-13H,3-11H2,1-2H3. The van der Waals surface area contributed by atoms with Crippen molar-refractivity contribution in [1.82, 2.24) is 10.2 Å². The third kappa shape index (κ3) is 4.43. The number of hydrogen-bond acceptors (Lipinski definition) is 2. The van der Waals surface area contributed by atoms with Gasteiger partial charge < -0.3 is 10.2 Å². The Morgan fingerprint density at radius 2 is 2.21 bits per heavy atom. The van der Waals surface area contributed by atoms with E-state index in [0.717, 1.165) is 12.5 Å². The predicted molar refractivity (Wildman–Crippen MR) is 62.6 cm³/mol. The van der Waals surface area contributed by atoms with Gasteiger partial charge in [-0.25, -0.2) is 0 Å². The van der Waals surface area contributed by atoms with Gasteiger partial charge in [-0.05, 0) is 51.4 Å². The highest BCUT2D eigenvalue weighted by atomic mass is 15.1. The first-order valence-electron chi connectivity index (χ1n) is 6.29. The monoisotopic (exact) mass is 198 g/mol. The number of hydrogen-bond donors (Lipinski definition) is 1. The Kier molecular flexibility index (Phi) is 6.20. The Morgan fingerprint density at radius 1 is 1.36 bits per heavy atom. The minimum Gasteiger partial charge on any atom is -0.317 e. The molecule has 2 nitrogen and oxygen atoms in total. The molecule has 0 aromatic heterocycles. The lowest BCUT2D eigenvalue weighted by atomic mass is 10.0. The van der Waals surface area contributed by atoms with Crippen LogP contribution < -0.4 is 5.32 Å². The van der Waals surface area contributed by atoms with E-state index in [9.17, 15) is 0 Å². The second-order valence-corrected chi connectivity index (χ2v) is 4.45. The molecule has 1 heterocycles. The molecule has 1 aliphatic heterocycles. The summed E-state index contributed by atoms with van der Waals surface area (Å²) in [6, 6.07) is 0. The van der Waals surface area contributed by atoms with Crippen molar-refractivity contribution in [1.29, 1.82) is 0 Å². The molecule has 2 heteroatoms. The lowest BCUT2D eigenvalue weighted by Crippen LogP contribution is -2.25. The molecule has 0 aromatic rings. The van der Waals surface area contributed by atoms with Crippen LogP contribution in [0.2, 0.25) is 0 Å². The van der Waals surface area contributed by atoms with Gasteiger partial charge in [0.25, 0.3) is 0 Å². The molecule has 1 atom stereocenters. The Balaban J connectivity index is 1.98. The smallest absolute Gasteiger partial charge is 0.00101 e. The largest absolute Gasteiger partial charge is 0.317 e. The average Bonchev–Trinajstić information content (AvgIpc) is 2.61. The number of rotatable bonds is 7. The lowest BCUT2D eigenvalue weighted by Gasteiger charge is -2.15. The third-order valence-electron chi connectivity index (χ3n) is 3.14. The van der Waals surface area contributed by atoms with Gasteiger partial charge in [-0.3, -0.25) is 0 Å². The molecule has 0 radical (unpaired) electrons. The van der Waals surface area contributed by atoms with Crippen LogP contribution in [0.1, 0.15) is 39.5 Å². The van der Waals surface area contributed by atoms with Crippen molar-refractivity contribution >= 4 is 0 Å². The van der Waals surface area contributed by atoms with Crippen LogP contribution in [0.3, 0.4) is 0 Å². The van der Waals surface area contributed by atoms with Crippen LogP contribution in [0.15, 0.2) is 0 Å². The molecule has 1 N–H and O–H groups in total. The van der Waals surface area contributed by atoms with Crippen LogP contribution in [0.4, 0.5) is 0 Å². The normalized spacial score (nSPS) is 23.1. The van der Waals surface area contributed by atoms with Crippen molar-refractivity contribution in [2.45, 2.75) is 39.5 Å². The van der Waals surface area contributed by atoms with Gasteiger partial charge in [0.05, 0.1) is 0 Å². The predicted octanol–water partition coefficient (Wildman–Crippen LogP) is 2.11. The van der Waals surface area contributed by atoms with Crippen molar-refractivity contribution in [2.24, 2.45) is 5.92 Å². The highest BCUT2D eigenvalue weighted by Gasteiger charge is 2.20. The van der Waals surface area contributed by atoms with Gasteiger partial charge in [-0.2, -0.15) is 0 Å². The topological polar surface area (TPSA) is 15.3 Å². The molecular weight excluding hydrogens is 172 g/mol. The van der Waals surface area contributed by atoms with Crippen LogP contribution >= 0.6 is 0 Å². The molecule has 0 aliphatic carbocycles. The van der Waals surface area contributed by atoms with E-state index in [0.29, 0.717) is 0 Å². The summed E-state index contributed by atoms with van der Waals surface area (Å²) in [7, 11) is 0. The fraction of sp³-hybridized carbons (Fsp3) is 1.00. The maximum Gasteiger partial charge on any atom is 0.00101 e. The Labute approximate surface area is 89.1 Å². The summed E-state index contributed by atoms with van der Waals surface area (Å²) < 4.78 is 0. The number of likely N-dealkylation sites (tertiary alicyclic amines) is 1. The maximum atomic E-state index is 3.38. The van der Waals surface area contributed by atoms with Gasteiger partial charge in [0.15, 0.2) is 0 Å². The van der Waals surface area contributed by atoms with E-state index in [1.165, 1.54) is 51.9 Å². The molecule has 1 aliphatic rings. The molecule has 0 spiro atoms. The van der Waals surface area contributed by atoms with Crippen LogP contribution in [0.5, 0.6) is 0 Å². The van der Waals surface area contributed by atoms with E-state index >= 15 is 0 Å². The maximum absolute atomic E-state index is 3.38. The molecule has 0 aromatic carbocycles. The molecule has 1 rings (SSSR count). The van der Waals surface area contributed by atoms with Crippen LogP contribution in [-0.4, -0.2) is 37.6 Å². The highest BCUT2D eigenvalue weighted by Crippen LogP contribution is 2.20. The molecule has 0 saturated carbocycles. The Hall–Kier alpha value is -0.0800. The van der Waals surface area contributed by atoms with Gasteiger partial charge in [-0.1, -0.05) is 20.3 Å². The molecular formula is C12H26N2. The lowest BCUT2D eigenvalue weighted by molar-refractivity contribution is 0.314. The molecule has 1 saturated heterocycles. The first kappa shape index (κ1) is 12.0. The number of nitrogens with one attached hydrogen (secondary N) is 1. The van der Waals surface area contributed by atoms with Crippen molar-refractivity contribution in [2.75, 3.05) is 32.7 Å². The van der Waals surface area contributed by atoms with Crippen molar-refractivity contribution in [3.8, 4) is 0 Å². The van der Waals surface area contributed by atoms with Crippen LogP contribution in [-0.2, 0) is 0 Å². The molecule has 1 fully saturated rings. The van der Waals surface area contributed by atoms with E-state index in [1.54, 1.807) is 0 Å². The van der Waals surface area contributed by atoms with E-state index in [4.69, 9.17) is 0 Å². The molecule has 0 bridgehead atoms. The quantitative estimate of drug-likeness (QED) is 0.630. The summed E-state index contributed by atoms with van der Waals surface area (Å²) in [6.45, 7) is 10.8. The third-order valence-corrected chi connectivity index (χ3v) is 3.14. The SMILES string of the molecule is CCCC1CCN(CCCNCC)C1. The highest BCUT2D eigenvalue weighted by molar-refractivity contribution is 4.75. The second-order valence-electron chi connectivity index (χ2n) is 4.45. The fourth-order valence-electron chi connectivity index (χ4n) is 2.36. The van der Waals surface area contributed by atoms with Gasteiger partial charge in [-0.15, -0.1) is 0 Å². The van der Waals surface area contributed by atoms with Gasteiger partial charge in [0, 0.05) is 6.54 Å². The minimum atomic E-state index is 0.999. The summed E-state index contributed by atoms with van der Waals surface area (Å²) in [6.07, 6.45) is 5.54. The first-order valence-corrected chi connectivity index (χ1v) is 6.29. The Morgan fingerprint density at radius 3 is 2.93 bits per heavy atom. The average molecular weight is 198 g/mol. The summed E-state index contributed by atoms with van der Waals surface area (Å²) >= 11 is 0.